The highest BCUT2D eigenvalue weighted by molar-refractivity contribution is 5.82. The first kappa shape index (κ1) is 19.4. The summed E-state index contributed by atoms with van der Waals surface area (Å²) in [6, 6.07) is 4.05. The summed E-state index contributed by atoms with van der Waals surface area (Å²) in [6.45, 7) is 3.85. The molecule has 1 aromatic heterocycles. The number of benzene rings is 1. The number of carbonyl (C=O) groups is 1. The molecule has 1 fully saturated rings. The first-order chi connectivity index (χ1) is 12.8. The predicted molar refractivity (Wildman–Crippen MR) is 92.9 cm³/mol. The topological polar surface area (TPSA) is 58.4 Å². The molecule has 0 bridgehead atoms. The van der Waals surface area contributed by atoms with E-state index < -0.39 is 23.8 Å². The fourth-order valence-corrected chi connectivity index (χ4v) is 3.48. The van der Waals surface area contributed by atoms with Crippen molar-refractivity contribution in [2.45, 2.75) is 44.5 Å². The van der Waals surface area contributed by atoms with Gasteiger partial charge in [0.2, 0.25) is 0 Å². The number of aliphatic hydroxyl groups is 1. The number of alkyl halides is 3. The Morgan fingerprint density at radius 3 is 2.44 bits per heavy atom. The molecule has 0 spiro atoms. The number of nitrogens with zero attached hydrogens (tertiary/aromatic N) is 3. The van der Waals surface area contributed by atoms with Crippen LogP contribution in [0.3, 0.4) is 0 Å². The van der Waals surface area contributed by atoms with Gasteiger partial charge in [-0.2, -0.15) is 13.2 Å². The monoisotopic (exact) mass is 381 g/mol. The van der Waals surface area contributed by atoms with Gasteiger partial charge in [0.15, 0.2) is 6.10 Å². The van der Waals surface area contributed by atoms with Gasteiger partial charge in [0, 0.05) is 37.9 Å². The van der Waals surface area contributed by atoms with Crippen LogP contribution in [0.2, 0.25) is 0 Å². The summed E-state index contributed by atoms with van der Waals surface area (Å²) in [7, 11) is 0. The Morgan fingerprint density at radius 2 is 1.89 bits per heavy atom. The molecule has 1 atom stereocenters. The molecule has 1 aliphatic heterocycles. The Bertz CT molecular complexity index is 778. The standard InChI is InChI=1S/C19H22F3N3O2/c1-2-24-12-9-23-17(24)14-7-10-25(11-8-14)18(27)16(26)13-3-5-15(6-4-13)19(20,21)22/h3-6,9,12,14,16,26H,2,7-8,10-11H2,1H3. The minimum Gasteiger partial charge on any atom is -0.378 e. The molecule has 3 rings (SSSR count). The molecule has 8 heteroatoms. The zero-order valence-electron chi connectivity index (χ0n) is 15.0. The van der Waals surface area contributed by atoms with Crippen molar-refractivity contribution in [2.24, 2.45) is 0 Å². The fourth-order valence-electron chi connectivity index (χ4n) is 3.48. The average molecular weight is 381 g/mol. The number of imidazole rings is 1. The maximum atomic E-state index is 12.6. The van der Waals surface area contributed by atoms with Crippen LogP contribution in [0.25, 0.3) is 0 Å². The SMILES string of the molecule is CCn1ccnc1C1CCN(C(=O)C(O)c2ccc(C(F)(F)F)cc2)CC1. The van der Waals surface area contributed by atoms with Crippen molar-refractivity contribution in [3.05, 3.63) is 53.6 Å². The van der Waals surface area contributed by atoms with E-state index in [-0.39, 0.29) is 11.5 Å². The maximum Gasteiger partial charge on any atom is 0.416 e. The van der Waals surface area contributed by atoms with Crippen LogP contribution in [-0.4, -0.2) is 38.6 Å². The molecular formula is C19H22F3N3O2. The number of aliphatic hydroxyl groups excluding tert-OH is 1. The van der Waals surface area contributed by atoms with Crippen molar-refractivity contribution in [1.82, 2.24) is 14.5 Å². The second-order valence-electron chi connectivity index (χ2n) is 6.69. The zero-order valence-corrected chi connectivity index (χ0v) is 15.0. The van der Waals surface area contributed by atoms with Crippen molar-refractivity contribution >= 4 is 5.91 Å². The average Bonchev–Trinajstić information content (AvgIpc) is 3.15. The number of aryl methyl sites for hydroxylation is 1. The lowest BCUT2D eigenvalue weighted by molar-refractivity contribution is -0.141. The number of hydrogen-bond donors (Lipinski definition) is 1. The lowest BCUT2D eigenvalue weighted by Crippen LogP contribution is -2.41. The van der Waals surface area contributed by atoms with Crippen LogP contribution in [-0.2, 0) is 17.5 Å². The highest BCUT2D eigenvalue weighted by Gasteiger charge is 2.32. The smallest absolute Gasteiger partial charge is 0.378 e. The van der Waals surface area contributed by atoms with Crippen LogP contribution in [0.15, 0.2) is 36.7 Å². The third kappa shape index (κ3) is 4.16. The molecule has 1 saturated heterocycles. The zero-order chi connectivity index (χ0) is 19.6. The van der Waals surface area contributed by atoms with Gasteiger partial charge in [-0.3, -0.25) is 4.79 Å². The molecule has 2 heterocycles. The quantitative estimate of drug-likeness (QED) is 0.884. The number of piperidine rings is 1. The summed E-state index contributed by atoms with van der Waals surface area (Å²) in [5.74, 6) is 0.784. The second-order valence-corrected chi connectivity index (χ2v) is 6.69. The Labute approximate surface area is 155 Å². The molecular weight excluding hydrogens is 359 g/mol. The Kier molecular flexibility index (Phi) is 5.55. The summed E-state index contributed by atoms with van der Waals surface area (Å²) in [6.07, 6.45) is -0.724. The van der Waals surface area contributed by atoms with E-state index in [4.69, 9.17) is 0 Å². The predicted octanol–water partition coefficient (Wildman–Crippen LogP) is 3.36. The van der Waals surface area contributed by atoms with Crippen LogP contribution >= 0.6 is 0 Å². The number of halogens is 3. The van der Waals surface area contributed by atoms with Crippen LogP contribution in [0.4, 0.5) is 13.2 Å². The third-order valence-electron chi connectivity index (χ3n) is 5.05. The summed E-state index contributed by atoms with van der Waals surface area (Å²) in [5.41, 5.74) is -0.644. The lowest BCUT2D eigenvalue weighted by atomic mass is 9.95. The molecule has 1 amide bonds. The first-order valence-corrected chi connectivity index (χ1v) is 8.96. The summed E-state index contributed by atoms with van der Waals surface area (Å²) in [5, 5.41) is 10.3. The summed E-state index contributed by atoms with van der Waals surface area (Å²) in [4.78, 5) is 18.5. The van der Waals surface area contributed by atoms with E-state index in [1.54, 1.807) is 11.1 Å². The van der Waals surface area contributed by atoms with Gasteiger partial charge >= 0.3 is 6.18 Å². The van der Waals surface area contributed by atoms with Gasteiger partial charge in [0.05, 0.1) is 5.56 Å². The highest BCUT2D eigenvalue weighted by Crippen LogP contribution is 2.31. The number of hydrogen-bond acceptors (Lipinski definition) is 3. The number of rotatable bonds is 4. The molecule has 1 unspecified atom stereocenters. The summed E-state index contributed by atoms with van der Waals surface area (Å²) >= 11 is 0. The van der Waals surface area contributed by atoms with Crippen LogP contribution in [0, 0.1) is 0 Å². The molecule has 0 saturated carbocycles. The van der Waals surface area contributed by atoms with Crippen molar-refractivity contribution in [3.63, 3.8) is 0 Å². The molecule has 1 aliphatic rings. The van der Waals surface area contributed by atoms with E-state index in [2.05, 4.69) is 9.55 Å². The minimum atomic E-state index is -4.44. The molecule has 1 N–H and O–H groups in total. The molecule has 5 nitrogen and oxygen atoms in total. The molecule has 0 radical (unpaired) electrons. The van der Waals surface area contributed by atoms with Crippen molar-refractivity contribution in [1.29, 1.82) is 0 Å². The first-order valence-electron chi connectivity index (χ1n) is 8.96. The number of amides is 1. The van der Waals surface area contributed by atoms with Gasteiger partial charge < -0.3 is 14.6 Å². The van der Waals surface area contributed by atoms with Crippen molar-refractivity contribution < 1.29 is 23.1 Å². The van der Waals surface area contributed by atoms with Crippen molar-refractivity contribution in [2.75, 3.05) is 13.1 Å². The van der Waals surface area contributed by atoms with Gasteiger partial charge in [-0.05, 0) is 37.5 Å². The lowest BCUT2D eigenvalue weighted by Gasteiger charge is -2.33. The van der Waals surface area contributed by atoms with Crippen LogP contribution in [0.1, 0.15) is 48.7 Å². The minimum absolute atomic E-state index is 0.164. The van der Waals surface area contributed by atoms with E-state index in [9.17, 15) is 23.1 Å². The van der Waals surface area contributed by atoms with Gasteiger partial charge in [-0.15, -0.1) is 0 Å². The van der Waals surface area contributed by atoms with Crippen LogP contribution in [0.5, 0.6) is 0 Å². The number of aromatic nitrogens is 2. The van der Waals surface area contributed by atoms with E-state index in [0.29, 0.717) is 13.1 Å². The van der Waals surface area contributed by atoms with Gasteiger partial charge in [-0.1, -0.05) is 12.1 Å². The van der Waals surface area contributed by atoms with Crippen molar-refractivity contribution in [3.8, 4) is 0 Å². The highest BCUT2D eigenvalue weighted by atomic mass is 19.4. The molecule has 27 heavy (non-hydrogen) atoms. The fraction of sp³-hybridized carbons (Fsp3) is 0.474. The number of likely N-dealkylation sites (tertiary alicyclic amines) is 1. The van der Waals surface area contributed by atoms with E-state index in [1.165, 1.54) is 0 Å². The van der Waals surface area contributed by atoms with E-state index in [0.717, 1.165) is 49.5 Å². The third-order valence-corrected chi connectivity index (χ3v) is 5.05. The van der Waals surface area contributed by atoms with Gasteiger partial charge in [0.25, 0.3) is 5.91 Å². The normalized spacial score (nSPS) is 17.1. The Balaban J connectivity index is 1.62. The van der Waals surface area contributed by atoms with Gasteiger partial charge in [-0.25, -0.2) is 4.98 Å². The van der Waals surface area contributed by atoms with E-state index >= 15 is 0 Å². The molecule has 0 aliphatic carbocycles. The molecule has 2 aromatic rings. The Hall–Kier alpha value is -2.35. The van der Waals surface area contributed by atoms with Gasteiger partial charge in [0.1, 0.15) is 5.82 Å². The maximum absolute atomic E-state index is 12.6. The largest absolute Gasteiger partial charge is 0.416 e. The molecule has 1 aromatic carbocycles. The second kappa shape index (κ2) is 7.72. The number of carbonyl (C=O) groups excluding carboxylic acids is 1. The molecule has 146 valence electrons. The Morgan fingerprint density at radius 1 is 1.26 bits per heavy atom. The summed E-state index contributed by atoms with van der Waals surface area (Å²) < 4.78 is 40.0. The van der Waals surface area contributed by atoms with Crippen LogP contribution < -0.4 is 0 Å². The van der Waals surface area contributed by atoms with E-state index in [1.807, 2.05) is 13.1 Å².